The molecule has 0 spiro atoms. The zero-order chi connectivity index (χ0) is 18.4. The van der Waals surface area contributed by atoms with Crippen molar-refractivity contribution in [1.82, 2.24) is 9.80 Å². The summed E-state index contributed by atoms with van der Waals surface area (Å²) in [5, 5.41) is 10.2. The van der Waals surface area contributed by atoms with E-state index in [9.17, 15) is 5.11 Å². The normalized spacial score (nSPS) is 34.9. The highest BCUT2D eigenvalue weighted by atomic mass is 16.3. The third kappa shape index (κ3) is 3.11. The first-order valence-electron chi connectivity index (χ1n) is 11.4. The maximum absolute atomic E-state index is 10.2. The Morgan fingerprint density at radius 3 is 2.78 bits per heavy atom. The van der Waals surface area contributed by atoms with Gasteiger partial charge in [-0.1, -0.05) is 18.9 Å². The van der Waals surface area contributed by atoms with E-state index in [1.165, 1.54) is 95.1 Å². The summed E-state index contributed by atoms with van der Waals surface area (Å²) in [7, 11) is 2.26. The van der Waals surface area contributed by atoms with Crippen molar-refractivity contribution >= 4 is 0 Å². The quantitative estimate of drug-likeness (QED) is 0.867. The number of phenolic OH excluding ortho intramolecular Hbond substituents is 1. The van der Waals surface area contributed by atoms with Crippen molar-refractivity contribution < 1.29 is 5.11 Å². The Morgan fingerprint density at radius 1 is 1.07 bits per heavy atom. The van der Waals surface area contributed by atoms with Crippen LogP contribution < -0.4 is 0 Å². The molecule has 148 valence electrons. The second-order valence-electron chi connectivity index (χ2n) is 9.94. The van der Waals surface area contributed by atoms with Gasteiger partial charge in [0.15, 0.2) is 0 Å². The van der Waals surface area contributed by atoms with Gasteiger partial charge in [-0.15, -0.1) is 0 Å². The van der Waals surface area contributed by atoms with Crippen LogP contribution in [-0.2, 0) is 11.8 Å². The predicted molar refractivity (Wildman–Crippen MR) is 110 cm³/mol. The lowest BCUT2D eigenvalue weighted by molar-refractivity contribution is -0.0146. The van der Waals surface area contributed by atoms with Crippen molar-refractivity contribution in [2.75, 3.05) is 33.2 Å². The molecule has 0 unspecified atom stereocenters. The van der Waals surface area contributed by atoms with Crippen molar-refractivity contribution in [3.8, 4) is 5.75 Å². The van der Waals surface area contributed by atoms with E-state index in [4.69, 9.17) is 0 Å². The van der Waals surface area contributed by atoms with Crippen molar-refractivity contribution in [2.24, 2.45) is 11.8 Å². The summed E-state index contributed by atoms with van der Waals surface area (Å²) in [5.74, 6) is 2.22. The van der Waals surface area contributed by atoms with Crippen molar-refractivity contribution in [1.29, 1.82) is 0 Å². The van der Waals surface area contributed by atoms with Crippen LogP contribution in [0, 0.1) is 11.8 Å². The number of hydrogen-bond donors (Lipinski definition) is 1. The molecule has 2 bridgehead atoms. The van der Waals surface area contributed by atoms with E-state index in [2.05, 4.69) is 29.0 Å². The van der Waals surface area contributed by atoms with Gasteiger partial charge in [-0.2, -0.15) is 0 Å². The first-order chi connectivity index (χ1) is 13.2. The van der Waals surface area contributed by atoms with Gasteiger partial charge in [0.2, 0.25) is 0 Å². The molecule has 3 atom stereocenters. The molecule has 1 N–H and O–H groups in total. The summed E-state index contributed by atoms with van der Waals surface area (Å²) in [6.07, 6.45) is 12.2. The minimum Gasteiger partial charge on any atom is -0.508 e. The van der Waals surface area contributed by atoms with Crippen LogP contribution in [-0.4, -0.2) is 54.2 Å². The molecule has 2 heterocycles. The van der Waals surface area contributed by atoms with Gasteiger partial charge in [0, 0.05) is 11.5 Å². The number of phenols is 1. The molecule has 2 aliphatic carbocycles. The molecule has 0 aromatic heterocycles. The van der Waals surface area contributed by atoms with Crippen LogP contribution in [0.4, 0.5) is 0 Å². The van der Waals surface area contributed by atoms with Gasteiger partial charge in [0.25, 0.3) is 0 Å². The number of aromatic hydroxyl groups is 1. The number of rotatable bonds is 3. The smallest absolute Gasteiger partial charge is 0.115 e. The molecule has 3 heteroatoms. The maximum atomic E-state index is 10.2. The van der Waals surface area contributed by atoms with E-state index in [-0.39, 0.29) is 0 Å². The largest absolute Gasteiger partial charge is 0.508 e. The second-order valence-corrected chi connectivity index (χ2v) is 9.94. The molecule has 5 rings (SSSR count). The van der Waals surface area contributed by atoms with E-state index >= 15 is 0 Å². The van der Waals surface area contributed by atoms with E-state index in [1.807, 2.05) is 6.07 Å². The molecule has 3 nitrogen and oxygen atoms in total. The highest BCUT2D eigenvalue weighted by molar-refractivity contribution is 5.45. The number of benzene rings is 1. The zero-order valence-electron chi connectivity index (χ0n) is 17.0. The zero-order valence-corrected chi connectivity index (χ0v) is 17.0. The van der Waals surface area contributed by atoms with Crippen LogP contribution in [0.25, 0.3) is 0 Å². The number of piperidine rings is 2. The van der Waals surface area contributed by atoms with Crippen LogP contribution >= 0.6 is 0 Å². The van der Waals surface area contributed by atoms with E-state index in [0.29, 0.717) is 11.2 Å². The first-order valence-corrected chi connectivity index (χ1v) is 11.4. The fourth-order valence-electron chi connectivity index (χ4n) is 7.05. The standard InChI is InChI=1S/C24H36N2O/c1-25-12-7-18(8-13-25)9-14-26-15-11-24-10-3-2-4-21(24)23(26)16-19-5-6-20(27)17-22(19)24/h5-6,17-18,21,23,27H,2-4,7-16H2,1H3/t21-,23-,24+/m0/s1. The lowest BCUT2D eigenvalue weighted by Crippen LogP contribution is -2.61. The molecular formula is C24H36N2O. The fraction of sp³-hybridized carbons (Fsp3) is 0.750. The molecule has 4 aliphatic rings. The minimum atomic E-state index is 0.360. The van der Waals surface area contributed by atoms with E-state index in [0.717, 1.165) is 17.9 Å². The van der Waals surface area contributed by atoms with Crippen molar-refractivity contribution in [2.45, 2.75) is 69.2 Å². The van der Waals surface area contributed by atoms with Crippen LogP contribution in [0.1, 0.15) is 62.5 Å². The van der Waals surface area contributed by atoms with Crippen LogP contribution in [0.2, 0.25) is 0 Å². The predicted octanol–water partition coefficient (Wildman–Crippen LogP) is 4.18. The average molecular weight is 369 g/mol. The Kier molecular flexibility index (Phi) is 4.72. The summed E-state index contributed by atoms with van der Waals surface area (Å²) in [6.45, 7) is 5.15. The molecule has 1 aromatic carbocycles. The Hall–Kier alpha value is -1.06. The van der Waals surface area contributed by atoms with Gasteiger partial charge < -0.3 is 10.0 Å². The summed E-state index contributed by atoms with van der Waals surface area (Å²) in [6, 6.07) is 7.00. The lowest BCUT2D eigenvalue weighted by Gasteiger charge is -2.59. The van der Waals surface area contributed by atoms with Gasteiger partial charge in [0.1, 0.15) is 5.75 Å². The third-order valence-electron chi connectivity index (χ3n) is 8.60. The molecule has 0 amide bonds. The number of likely N-dealkylation sites (tertiary alicyclic amines) is 2. The van der Waals surface area contributed by atoms with E-state index in [1.54, 1.807) is 0 Å². The number of fused-ring (bicyclic) bond motifs is 1. The summed E-state index contributed by atoms with van der Waals surface area (Å²) >= 11 is 0. The van der Waals surface area contributed by atoms with Gasteiger partial charge in [-0.3, -0.25) is 4.90 Å². The molecule has 2 saturated heterocycles. The molecular weight excluding hydrogens is 332 g/mol. The van der Waals surface area contributed by atoms with Crippen LogP contribution in [0.5, 0.6) is 5.75 Å². The highest BCUT2D eigenvalue weighted by Crippen LogP contribution is 2.56. The summed E-state index contributed by atoms with van der Waals surface area (Å²) in [4.78, 5) is 5.36. The first kappa shape index (κ1) is 18.0. The maximum Gasteiger partial charge on any atom is 0.115 e. The van der Waals surface area contributed by atoms with E-state index < -0.39 is 0 Å². The van der Waals surface area contributed by atoms with Crippen LogP contribution in [0.3, 0.4) is 0 Å². The SMILES string of the molecule is CN1CCC(CCN2CC[C@]34CCCC[C@H]3[C@@H]2Cc2ccc(O)cc24)CC1. The second kappa shape index (κ2) is 7.08. The highest BCUT2D eigenvalue weighted by Gasteiger charge is 2.53. The fourth-order valence-corrected chi connectivity index (χ4v) is 7.05. The Bertz CT molecular complexity index is 681. The van der Waals surface area contributed by atoms with Crippen molar-refractivity contribution in [3.05, 3.63) is 29.3 Å². The monoisotopic (exact) mass is 368 g/mol. The summed E-state index contributed by atoms with van der Waals surface area (Å²) < 4.78 is 0. The Labute approximate surface area is 164 Å². The molecule has 1 aromatic rings. The third-order valence-corrected chi connectivity index (χ3v) is 8.60. The molecule has 2 aliphatic heterocycles. The average Bonchev–Trinajstić information content (AvgIpc) is 2.69. The Morgan fingerprint density at radius 2 is 1.93 bits per heavy atom. The lowest BCUT2D eigenvalue weighted by atomic mass is 9.52. The molecule has 0 radical (unpaired) electrons. The van der Waals surface area contributed by atoms with Gasteiger partial charge in [0.05, 0.1) is 0 Å². The minimum absolute atomic E-state index is 0.360. The topological polar surface area (TPSA) is 26.7 Å². The van der Waals surface area contributed by atoms with Gasteiger partial charge in [-0.25, -0.2) is 0 Å². The van der Waals surface area contributed by atoms with Crippen molar-refractivity contribution in [3.63, 3.8) is 0 Å². The number of hydrogen-bond acceptors (Lipinski definition) is 3. The van der Waals surface area contributed by atoms with Crippen LogP contribution in [0.15, 0.2) is 18.2 Å². The Balaban J connectivity index is 1.36. The van der Waals surface area contributed by atoms with Gasteiger partial charge in [-0.05, 0) is 113 Å². The van der Waals surface area contributed by atoms with Gasteiger partial charge >= 0.3 is 0 Å². The molecule has 1 saturated carbocycles. The molecule has 3 fully saturated rings. The summed E-state index contributed by atoms with van der Waals surface area (Å²) in [5.41, 5.74) is 3.40. The number of nitrogens with zero attached hydrogens (tertiary/aromatic N) is 2. The molecule has 27 heavy (non-hydrogen) atoms.